The highest BCUT2D eigenvalue weighted by Gasteiger charge is 2.66. The molecule has 3 saturated heterocycles. The topological polar surface area (TPSA) is 163 Å². The second kappa shape index (κ2) is 16.5. The number of benzene rings is 3. The van der Waals surface area contributed by atoms with Gasteiger partial charge in [-0.25, -0.2) is 0 Å². The fraction of sp³-hybridized carbons (Fsp3) is 0.465. The molecule has 7 atom stereocenters. The largest absolute Gasteiger partial charge is 0.395 e. The Morgan fingerprint density at radius 3 is 2.31 bits per heavy atom. The first kappa shape index (κ1) is 40.0. The number of aliphatic hydroxyl groups is 1. The molecule has 3 amide bonds. The molecule has 3 aromatic carbocycles. The quantitative estimate of drug-likeness (QED) is 0.0904. The summed E-state index contributed by atoms with van der Waals surface area (Å²) in [4.78, 5) is 43.1. The third kappa shape index (κ3) is 7.73. The van der Waals surface area contributed by atoms with Crippen LogP contribution in [-0.4, -0.2) is 84.1 Å². The Morgan fingerprint density at radius 2 is 1.67 bits per heavy atom. The molecule has 13 nitrogen and oxygen atoms in total. The molecule has 1 spiro atoms. The number of hydrogen-bond donors (Lipinski definition) is 5. The predicted molar refractivity (Wildman–Crippen MR) is 221 cm³/mol. The molecule has 306 valence electrons. The SMILES string of the molecule is C[C@H]1[C@H]([Si](C)(C)F)[C@@H](CCn2cc(C(CO)c3ccccc3)nn2)O[C@]12C(=O)N(Cc1cccc(NC(=O)[C@H]3CCCN3)c1)c1ccc(NC(=O)[C@H]3CCCN3)cc12. The van der Waals surface area contributed by atoms with E-state index < -0.39 is 31.6 Å². The van der Waals surface area contributed by atoms with Crippen LogP contribution in [0.15, 0.2) is 79.0 Å². The normalized spacial score (nSPS) is 26.0. The lowest BCUT2D eigenvalue weighted by atomic mass is 9.82. The van der Waals surface area contributed by atoms with E-state index in [9.17, 15) is 14.7 Å². The number of aromatic nitrogens is 3. The fourth-order valence-corrected chi connectivity index (χ4v) is 12.2. The minimum Gasteiger partial charge on any atom is -0.395 e. The summed E-state index contributed by atoms with van der Waals surface area (Å²) in [5, 5.41) is 31.5. The molecule has 15 heteroatoms. The molecule has 4 aromatic rings. The number of nitrogens with one attached hydrogen (secondary N) is 4. The maximum Gasteiger partial charge on any atom is 0.264 e. The summed E-state index contributed by atoms with van der Waals surface area (Å²) in [6.45, 7) is 7.27. The van der Waals surface area contributed by atoms with Crippen molar-refractivity contribution in [2.75, 3.05) is 35.2 Å². The zero-order chi connectivity index (χ0) is 40.6. The Labute approximate surface area is 339 Å². The van der Waals surface area contributed by atoms with E-state index in [4.69, 9.17) is 4.74 Å². The van der Waals surface area contributed by atoms with Crippen LogP contribution in [0.25, 0.3) is 0 Å². The Balaban J connectivity index is 1.10. The van der Waals surface area contributed by atoms with E-state index in [2.05, 4.69) is 31.6 Å². The van der Waals surface area contributed by atoms with Gasteiger partial charge in [0.2, 0.25) is 20.2 Å². The lowest BCUT2D eigenvalue weighted by molar-refractivity contribution is -0.146. The van der Waals surface area contributed by atoms with E-state index in [1.807, 2.05) is 79.9 Å². The van der Waals surface area contributed by atoms with E-state index in [1.165, 1.54) is 0 Å². The minimum absolute atomic E-state index is 0.0895. The predicted octanol–water partition coefficient (Wildman–Crippen LogP) is 5.20. The van der Waals surface area contributed by atoms with Crippen molar-refractivity contribution in [3.8, 4) is 0 Å². The maximum atomic E-state index is 16.7. The fourth-order valence-electron chi connectivity index (χ4n) is 9.65. The Bertz CT molecular complexity index is 2140. The first-order valence-corrected chi connectivity index (χ1v) is 23.5. The molecule has 0 bridgehead atoms. The van der Waals surface area contributed by atoms with Gasteiger partial charge in [0, 0.05) is 41.1 Å². The van der Waals surface area contributed by atoms with E-state index >= 15 is 8.90 Å². The number of halogens is 1. The van der Waals surface area contributed by atoms with Crippen LogP contribution < -0.4 is 26.2 Å². The molecule has 8 rings (SSSR count). The molecule has 5 heterocycles. The number of ether oxygens (including phenoxy) is 1. The van der Waals surface area contributed by atoms with Gasteiger partial charge in [-0.2, -0.15) is 0 Å². The lowest BCUT2D eigenvalue weighted by Gasteiger charge is -2.31. The van der Waals surface area contributed by atoms with Crippen molar-refractivity contribution in [3.05, 3.63) is 101 Å². The van der Waals surface area contributed by atoms with Gasteiger partial charge < -0.3 is 40.1 Å². The van der Waals surface area contributed by atoms with Crippen molar-refractivity contribution >= 4 is 43.2 Å². The number of aryl methyl sites for hydroxylation is 1. The summed E-state index contributed by atoms with van der Waals surface area (Å²) >= 11 is 0. The number of aliphatic hydroxyl groups excluding tert-OH is 1. The number of amides is 3. The molecule has 4 aliphatic rings. The standard InChI is InChI=1S/C43H53FN8O5Si/c1-27-39(58(2,3)44)38(18-21-51-25-36(49-50-51)32(26-53)29-11-5-4-6-12-29)57-43(27)33-23-31(48-41(55)35-15-9-20-46-35)16-17-37(33)52(42(43)56)24-28-10-7-13-30(22-28)47-40(54)34-14-8-19-45-34/h4-7,10-13,16-17,22-23,25,27,32,34-35,38-39,45-46,53H,8-9,14-15,18-21,24,26H2,1-3H3,(H,47,54)(H,48,55)/t27-,32?,34+,35+,38+,39-,43+/m0/s1. The van der Waals surface area contributed by atoms with Gasteiger partial charge in [-0.3, -0.25) is 19.1 Å². The first-order chi connectivity index (χ1) is 28.0. The highest BCUT2D eigenvalue weighted by molar-refractivity contribution is 6.72. The molecule has 1 aromatic heterocycles. The maximum absolute atomic E-state index is 16.7. The van der Waals surface area contributed by atoms with E-state index in [-0.39, 0.29) is 48.9 Å². The van der Waals surface area contributed by atoms with Crippen molar-refractivity contribution in [2.45, 2.75) is 100 Å². The number of fused-ring (bicyclic) bond motifs is 2. The number of rotatable bonds is 13. The molecule has 5 N–H and O–H groups in total. The molecular weight excluding hydrogens is 756 g/mol. The number of carbonyl (C=O) groups excluding carboxylic acids is 3. The third-order valence-electron chi connectivity index (χ3n) is 12.5. The van der Waals surface area contributed by atoms with Crippen LogP contribution in [-0.2, 0) is 37.8 Å². The average molecular weight is 809 g/mol. The summed E-state index contributed by atoms with van der Waals surface area (Å²) < 4.78 is 25.4. The van der Waals surface area contributed by atoms with Gasteiger partial charge in [-0.1, -0.05) is 54.6 Å². The van der Waals surface area contributed by atoms with Crippen molar-refractivity contribution < 1.29 is 28.3 Å². The van der Waals surface area contributed by atoms with Gasteiger partial charge in [0.25, 0.3) is 5.91 Å². The molecular formula is C43H53FN8O5Si. The van der Waals surface area contributed by atoms with Gasteiger partial charge in [-0.15, -0.1) is 5.10 Å². The summed E-state index contributed by atoms with van der Waals surface area (Å²) in [5.74, 6) is -1.41. The monoisotopic (exact) mass is 808 g/mol. The zero-order valence-electron chi connectivity index (χ0n) is 33.3. The number of carbonyl (C=O) groups is 3. The molecule has 58 heavy (non-hydrogen) atoms. The van der Waals surface area contributed by atoms with Gasteiger partial charge in [0.05, 0.1) is 48.6 Å². The number of nitrogens with zero attached hydrogens (tertiary/aromatic N) is 4. The van der Waals surface area contributed by atoms with Gasteiger partial charge >= 0.3 is 0 Å². The Morgan fingerprint density at radius 1 is 0.983 bits per heavy atom. The summed E-state index contributed by atoms with van der Waals surface area (Å²) in [6.07, 6.45) is 4.94. The molecule has 0 aliphatic carbocycles. The Hall–Kier alpha value is -4.80. The van der Waals surface area contributed by atoms with Crippen LogP contribution in [0.2, 0.25) is 18.6 Å². The summed E-state index contributed by atoms with van der Waals surface area (Å²) in [5.41, 5.74) is 2.69. The van der Waals surface area contributed by atoms with Crippen LogP contribution in [0, 0.1) is 5.92 Å². The van der Waals surface area contributed by atoms with Crippen molar-refractivity contribution in [1.82, 2.24) is 25.6 Å². The third-order valence-corrected chi connectivity index (χ3v) is 14.9. The number of hydrogen-bond acceptors (Lipinski definition) is 9. The number of anilines is 3. The minimum atomic E-state index is -3.48. The smallest absolute Gasteiger partial charge is 0.264 e. The van der Waals surface area contributed by atoms with Crippen LogP contribution in [0.1, 0.15) is 67.3 Å². The van der Waals surface area contributed by atoms with E-state index in [0.717, 1.165) is 49.9 Å². The highest BCUT2D eigenvalue weighted by Crippen LogP contribution is 2.60. The zero-order valence-corrected chi connectivity index (χ0v) is 34.3. The van der Waals surface area contributed by atoms with Crippen LogP contribution in [0.4, 0.5) is 21.2 Å². The van der Waals surface area contributed by atoms with Crippen molar-refractivity contribution in [1.29, 1.82) is 0 Å². The van der Waals surface area contributed by atoms with E-state index in [0.29, 0.717) is 41.3 Å². The van der Waals surface area contributed by atoms with Crippen LogP contribution >= 0.6 is 0 Å². The average Bonchev–Trinajstić information content (AvgIpc) is 4.06. The first-order valence-electron chi connectivity index (χ1n) is 20.5. The Kier molecular flexibility index (Phi) is 11.3. The highest BCUT2D eigenvalue weighted by atomic mass is 28.4. The summed E-state index contributed by atoms with van der Waals surface area (Å²) in [6, 6.07) is 22.1. The summed E-state index contributed by atoms with van der Waals surface area (Å²) in [7, 11) is -3.48. The second-order valence-electron chi connectivity index (χ2n) is 16.7. The molecule has 4 aliphatic heterocycles. The lowest BCUT2D eigenvalue weighted by Crippen LogP contribution is -2.45. The van der Waals surface area contributed by atoms with Gasteiger partial charge in [0.15, 0.2) is 5.60 Å². The molecule has 3 fully saturated rings. The molecule has 1 unspecified atom stereocenters. The van der Waals surface area contributed by atoms with Gasteiger partial charge in [-0.05, 0) is 99.7 Å². The van der Waals surface area contributed by atoms with E-state index in [1.54, 1.807) is 28.7 Å². The second-order valence-corrected chi connectivity index (χ2v) is 20.5. The van der Waals surface area contributed by atoms with Gasteiger partial charge in [0.1, 0.15) is 0 Å². The van der Waals surface area contributed by atoms with Crippen molar-refractivity contribution in [3.63, 3.8) is 0 Å². The van der Waals surface area contributed by atoms with Crippen LogP contribution in [0.5, 0.6) is 0 Å². The molecule has 0 radical (unpaired) electrons. The molecule has 0 saturated carbocycles. The van der Waals surface area contributed by atoms with Crippen molar-refractivity contribution in [2.24, 2.45) is 5.92 Å². The van der Waals surface area contributed by atoms with Crippen LogP contribution in [0.3, 0.4) is 0 Å².